The minimum absolute atomic E-state index is 0.701. The van der Waals surface area contributed by atoms with Crippen LogP contribution in [0.15, 0.2) is 49.2 Å². The molecule has 0 atom stereocenters. The van der Waals surface area contributed by atoms with Gasteiger partial charge in [0.2, 0.25) is 0 Å². The van der Waals surface area contributed by atoms with Crippen molar-refractivity contribution >= 4 is 5.69 Å². The van der Waals surface area contributed by atoms with E-state index >= 15 is 0 Å². The summed E-state index contributed by atoms with van der Waals surface area (Å²) in [6.07, 6.45) is 7.09. The molecule has 0 aliphatic rings. The molecule has 0 radical (unpaired) electrons. The van der Waals surface area contributed by atoms with Crippen molar-refractivity contribution < 1.29 is 0 Å². The topological polar surface area (TPSA) is 56.7 Å². The zero-order valence-electron chi connectivity index (χ0n) is 11.5. The molecule has 0 bridgehead atoms. The molecule has 100 valence electrons. The number of aromatic nitrogens is 3. The van der Waals surface area contributed by atoms with E-state index in [1.165, 1.54) is 11.1 Å². The summed E-state index contributed by atoms with van der Waals surface area (Å²) < 4.78 is 2.05. The third kappa shape index (κ3) is 2.05. The van der Waals surface area contributed by atoms with Gasteiger partial charge in [-0.25, -0.2) is 4.98 Å². The monoisotopic (exact) mass is 264 g/mol. The van der Waals surface area contributed by atoms with E-state index in [4.69, 9.17) is 5.73 Å². The standard InChI is InChI=1S/C16H16N4/c1-11-3-4-12(2)15(7-11)20-10-19-9-16(20)13-8-18-6-5-14(13)17/h3-10H,1-2H3,(H2,17,18). The molecule has 0 unspecified atom stereocenters. The van der Waals surface area contributed by atoms with Crippen LogP contribution in [0.5, 0.6) is 0 Å². The Morgan fingerprint density at radius 2 is 1.90 bits per heavy atom. The SMILES string of the molecule is Cc1ccc(C)c(-n2cncc2-c2cnccc2N)c1. The van der Waals surface area contributed by atoms with Crippen LogP contribution in [0, 0.1) is 13.8 Å². The van der Waals surface area contributed by atoms with Gasteiger partial charge >= 0.3 is 0 Å². The van der Waals surface area contributed by atoms with E-state index in [-0.39, 0.29) is 0 Å². The Morgan fingerprint density at radius 1 is 1.05 bits per heavy atom. The molecule has 3 rings (SSSR count). The first kappa shape index (κ1) is 12.4. The third-order valence-electron chi connectivity index (χ3n) is 3.39. The number of aryl methyl sites for hydroxylation is 2. The fourth-order valence-electron chi connectivity index (χ4n) is 2.28. The van der Waals surface area contributed by atoms with Crippen LogP contribution < -0.4 is 5.73 Å². The van der Waals surface area contributed by atoms with Crippen LogP contribution in [0.2, 0.25) is 0 Å². The third-order valence-corrected chi connectivity index (χ3v) is 3.39. The largest absolute Gasteiger partial charge is 0.398 e. The number of pyridine rings is 1. The summed E-state index contributed by atoms with van der Waals surface area (Å²) in [5.41, 5.74) is 12.1. The lowest BCUT2D eigenvalue weighted by molar-refractivity contribution is 1.04. The van der Waals surface area contributed by atoms with E-state index in [0.29, 0.717) is 5.69 Å². The smallest absolute Gasteiger partial charge is 0.0997 e. The molecule has 0 saturated heterocycles. The van der Waals surface area contributed by atoms with Gasteiger partial charge in [-0.2, -0.15) is 0 Å². The molecular formula is C16H16N4. The fourth-order valence-corrected chi connectivity index (χ4v) is 2.28. The second kappa shape index (κ2) is 4.81. The highest BCUT2D eigenvalue weighted by Crippen LogP contribution is 2.28. The Kier molecular flexibility index (Phi) is 2.99. The van der Waals surface area contributed by atoms with Crippen LogP contribution in [0.3, 0.4) is 0 Å². The van der Waals surface area contributed by atoms with Crippen molar-refractivity contribution in [3.63, 3.8) is 0 Å². The Bertz CT molecular complexity index is 759. The quantitative estimate of drug-likeness (QED) is 0.773. The summed E-state index contributed by atoms with van der Waals surface area (Å²) in [4.78, 5) is 8.42. The second-order valence-electron chi connectivity index (χ2n) is 4.90. The van der Waals surface area contributed by atoms with E-state index in [9.17, 15) is 0 Å². The number of anilines is 1. The van der Waals surface area contributed by atoms with Crippen molar-refractivity contribution in [2.24, 2.45) is 0 Å². The number of rotatable bonds is 2. The predicted molar refractivity (Wildman–Crippen MR) is 80.7 cm³/mol. The molecule has 2 N–H and O–H groups in total. The van der Waals surface area contributed by atoms with Crippen LogP contribution in [0.4, 0.5) is 5.69 Å². The summed E-state index contributed by atoms with van der Waals surface area (Å²) in [5, 5.41) is 0. The first-order valence-corrected chi connectivity index (χ1v) is 6.46. The van der Waals surface area contributed by atoms with Crippen LogP contribution >= 0.6 is 0 Å². The van der Waals surface area contributed by atoms with Crippen molar-refractivity contribution in [3.05, 3.63) is 60.3 Å². The van der Waals surface area contributed by atoms with Gasteiger partial charge in [0.1, 0.15) is 0 Å². The molecule has 0 fully saturated rings. The number of hydrogen-bond acceptors (Lipinski definition) is 3. The molecule has 2 aromatic heterocycles. The number of nitrogens with two attached hydrogens (primary N) is 1. The molecular weight excluding hydrogens is 248 g/mol. The van der Waals surface area contributed by atoms with Crippen LogP contribution in [-0.2, 0) is 0 Å². The first-order chi connectivity index (χ1) is 9.66. The zero-order valence-corrected chi connectivity index (χ0v) is 11.5. The first-order valence-electron chi connectivity index (χ1n) is 6.46. The fraction of sp³-hybridized carbons (Fsp3) is 0.125. The van der Waals surface area contributed by atoms with Gasteiger partial charge in [0, 0.05) is 23.6 Å². The van der Waals surface area contributed by atoms with E-state index in [2.05, 4.69) is 46.6 Å². The van der Waals surface area contributed by atoms with Crippen LogP contribution in [0.25, 0.3) is 16.9 Å². The minimum atomic E-state index is 0.701. The molecule has 0 spiro atoms. The van der Waals surface area contributed by atoms with Gasteiger partial charge in [-0.05, 0) is 37.1 Å². The normalized spacial score (nSPS) is 10.7. The van der Waals surface area contributed by atoms with Crippen molar-refractivity contribution in [2.75, 3.05) is 5.73 Å². The molecule has 0 saturated carbocycles. The number of hydrogen-bond donors (Lipinski definition) is 1. The number of nitrogens with zero attached hydrogens (tertiary/aromatic N) is 3. The molecule has 0 aliphatic carbocycles. The lowest BCUT2D eigenvalue weighted by atomic mass is 10.1. The van der Waals surface area contributed by atoms with Gasteiger partial charge < -0.3 is 5.73 Å². The van der Waals surface area contributed by atoms with E-state index in [1.807, 2.05) is 12.5 Å². The summed E-state index contributed by atoms with van der Waals surface area (Å²) in [6, 6.07) is 8.16. The highest BCUT2D eigenvalue weighted by Gasteiger charge is 2.11. The second-order valence-corrected chi connectivity index (χ2v) is 4.90. The van der Waals surface area contributed by atoms with Crippen molar-refractivity contribution in [1.29, 1.82) is 0 Å². The summed E-state index contributed by atoms with van der Waals surface area (Å²) in [7, 11) is 0. The summed E-state index contributed by atoms with van der Waals surface area (Å²) in [5.74, 6) is 0. The van der Waals surface area contributed by atoms with Crippen molar-refractivity contribution in [2.45, 2.75) is 13.8 Å². The Balaban J connectivity index is 2.21. The highest BCUT2D eigenvalue weighted by atomic mass is 15.1. The molecule has 3 aromatic rings. The molecule has 0 amide bonds. The maximum atomic E-state index is 6.05. The zero-order chi connectivity index (χ0) is 14.1. The molecule has 1 aromatic carbocycles. The number of benzene rings is 1. The van der Waals surface area contributed by atoms with Crippen molar-refractivity contribution in [3.8, 4) is 16.9 Å². The Labute approximate surface area is 117 Å². The summed E-state index contributed by atoms with van der Waals surface area (Å²) >= 11 is 0. The van der Waals surface area contributed by atoms with Gasteiger partial charge in [-0.15, -0.1) is 0 Å². The van der Waals surface area contributed by atoms with Gasteiger partial charge in [0.15, 0.2) is 0 Å². The molecule has 4 heteroatoms. The lowest BCUT2D eigenvalue weighted by Crippen LogP contribution is -2.00. The Hall–Kier alpha value is -2.62. The minimum Gasteiger partial charge on any atom is -0.398 e. The molecule has 2 heterocycles. The average molecular weight is 264 g/mol. The van der Waals surface area contributed by atoms with Gasteiger partial charge in [-0.1, -0.05) is 12.1 Å². The Morgan fingerprint density at radius 3 is 2.70 bits per heavy atom. The van der Waals surface area contributed by atoms with E-state index in [1.54, 1.807) is 18.5 Å². The van der Waals surface area contributed by atoms with Gasteiger partial charge in [0.05, 0.1) is 23.9 Å². The van der Waals surface area contributed by atoms with E-state index < -0.39 is 0 Å². The van der Waals surface area contributed by atoms with Gasteiger partial charge in [0.25, 0.3) is 0 Å². The highest BCUT2D eigenvalue weighted by molar-refractivity contribution is 5.74. The maximum Gasteiger partial charge on any atom is 0.0997 e. The molecule has 0 aliphatic heterocycles. The predicted octanol–water partition coefficient (Wildman–Crippen LogP) is 3.13. The number of imidazole rings is 1. The number of nitrogen functional groups attached to an aromatic ring is 1. The maximum absolute atomic E-state index is 6.05. The molecule has 20 heavy (non-hydrogen) atoms. The summed E-state index contributed by atoms with van der Waals surface area (Å²) in [6.45, 7) is 4.17. The van der Waals surface area contributed by atoms with Gasteiger partial charge in [-0.3, -0.25) is 9.55 Å². The lowest BCUT2D eigenvalue weighted by Gasteiger charge is -2.13. The molecule has 4 nitrogen and oxygen atoms in total. The average Bonchev–Trinajstić information content (AvgIpc) is 2.91. The van der Waals surface area contributed by atoms with Crippen LogP contribution in [-0.4, -0.2) is 14.5 Å². The van der Waals surface area contributed by atoms with Crippen LogP contribution in [0.1, 0.15) is 11.1 Å². The van der Waals surface area contributed by atoms with E-state index in [0.717, 1.165) is 16.9 Å². The van der Waals surface area contributed by atoms with Crippen molar-refractivity contribution in [1.82, 2.24) is 14.5 Å².